The highest BCUT2D eigenvalue weighted by Gasteiger charge is 2.17. The van der Waals surface area contributed by atoms with E-state index in [0.717, 1.165) is 46.1 Å². The molecule has 0 bridgehead atoms. The van der Waals surface area contributed by atoms with Gasteiger partial charge < -0.3 is 0 Å². The summed E-state index contributed by atoms with van der Waals surface area (Å²) in [6.45, 7) is 4.04. The van der Waals surface area contributed by atoms with Crippen LogP contribution < -0.4 is 0 Å². The Kier molecular flexibility index (Phi) is 4.73. The SMILES string of the molecule is CCc1c(Cc2cc(-n3ccc(C)n3)ncn2)nn(C)c1-c1ccc(F)cc1. The summed E-state index contributed by atoms with van der Waals surface area (Å²) in [7, 11) is 1.92. The van der Waals surface area contributed by atoms with Gasteiger partial charge in [0.05, 0.1) is 22.8 Å². The predicted octanol–water partition coefficient (Wildman–Crippen LogP) is 3.66. The summed E-state index contributed by atoms with van der Waals surface area (Å²) in [4.78, 5) is 8.73. The van der Waals surface area contributed by atoms with Crippen molar-refractivity contribution in [2.45, 2.75) is 26.7 Å². The van der Waals surface area contributed by atoms with Crippen molar-refractivity contribution >= 4 is 0 Å². The van der Waals surface area contributed by atoms with Gasteiger partial charge in [-0.15, -0.1) is 0 Å². The van der Waals surface area contributed by atoms with E-state index in [9.17, 15) is 4.39 Å². The second kappa shape index (κ2) is 7.34. The molecule has 0 amide bonds. The van der Waals surface area contributed by atoms with Gasteiger partial charge in [0, 0.05) is 36.9 Å². The van der Waals surface area contributed by atoms with E-state index in [1.54, 1.807) is 23.1 Å². The maximum absolute atomic E-state index is 13.3. The smallest absolute Gasteiger partial charge is 0.156 e. The molecular formula is C21H21FN6. The Morgan fingerprint density at radius 3 is 2.50 bits per heavy atom. The van der Waals surface area contributed by atoms with Crippen LogP contribution in [-0.2, 0) is 19.9 Å². The quantitative estimate of drug-likeness (QED) is 0.533. The largest absolute Gasteiger partial charge is 0.267 e. The summed E-state index contributed by atoms with van der Waals surface area (Å²) >= 11 is 0. The highest BCUT2D eigenvalue weighted by atomic mass is 19.1. The van der Waals surface area contributed by atoms with E-state index in [0.29, 0.717) is 6.42 Å². The van der Waals surface area contributed by atoms with E-state index in [4.69, 9.17) is 5.10 Å². The number of aromatic nitrogens is 6. The average Bonchev–Trinajstić information content (AvgIpc) is 3.25. The highest BCUT2D eigenvalue weighted by Crippen LogP contribution is 2.28. The molecule has 7 heteroatoms. The van der Waals surface area contributed by atoms with Crippen molar-refractivity contribution in [3.63, 3.8) is 0 Å². The molecule has 0 aliphatic heterocycles. The standard InChI is InChI=1S/C21H21FN6/c1-4-18-19(26-27(3)21(18)15-5-7-16(22)8-6-15)11-17-12-20(24-13-23-17)28-10-9-14(2)25-28/h5-10,12-13H,4,11H2,1-3H3. The summed E-state index contributed by atoms with van der Waals surface area (Å²) in [5.41, 5.74) is 5.87. The molecule has 0 N–H and O–H groups in total. The van der Waals surface area contributed by atoms with Crippen LogP contribution in [0.1, 0.15) is 29.6 Å². The maximum atomic E-state index is 13.3. The maximum Gasteiger partial charge on any atom is 0.156 e. The Bertz CT molecular complexity index is 1110. The van der Waals surface area contributed by atoms with Crippen molar-refractivity contribution in [2.75, 3.05) is 0 Å². The van der Waals surface area contributed by atoms with Crippen molar-refractivity contribution in [3.8, 4) is 17.1 Å². The number of halogens is 1. The minimum Gasteiger partial charge on any atom is -0.267 e. The third-order valence-electron chi connectivity index (χ3n) is 4.71. The number of benzene rings is 1. The zero-order valence-corrected chi connectivity index (χ0v) is 16.1. The van der Waals surface area contributed by atoms with Crippen molar-refractivity contribution in [1.29, 1.82) is 0 Å². The Balaban J connectivity index is 1.69. The van der Waals surface area contributed by atoms with E-state index in [1.165, 1.54) is 12.1 Å². The third-order valence-corrected chi connectivity index (χ3v) is 4.71. The molecule has 28 heavy (non-hydrogen) atoms. The summed E-state index contributed by atoms with van der Waals surface area (Å²) in [5.74, 6) is 0.484. The van der Waals surface area contributed by atoms with E-state index in [-0.39, 0.29) is 5.82 Å². The van der Waals surface area contributed by atoms with Gasteiger partial charge >= 0.3 is 0 Å². The first-order valence-electron chi connectivity index (χ1n) is 9.19. The lowest BCUT2D eigenvalue weighted by Gasteiger charge is -2.06. The third kappa shape index (κ3) is 3.43. The van der Waals surface area contributed by atoms with Crippen molar-refractivity contribution < 1.29 is 4.39 Å². The van der Waals surface area contributed by atoms with E-state index in [1.807, 2.05) is 37.0 Å². The first-order valence-corrected chi connectivity index (χ1v) is 9.19. The number of hydrogen-bond acceptors (Lipinski definition) is 4. The van der Waals surface area contributed by atoms with Crippen LogP contribution in [0.25, 0.3) is 17.1 Å². The second-order valence-electron chi connectivity index (χ2n) is 6.70. The van der Waals surface area contributed by atoms with Crippen LogP contribution in [-0.4, -0.2) is 29.5 Å². The van der Waals surface area contributed by atoms with Gasteiger partial charge in [0.2, 0.25) is 0 Å². The Morgan fingerprint density at radius 1 is 1.04 bits per heavy atom. The average molecular weight is 376 g/mol. The first-order chi connectivity index (χ1) is 13.5. The van der Waals surface area contributed by atoms with Gasteiger partial charge in [0.15, 0.2) is 5.82 Å². The molecule has 142 valence electrons. The second-order valence-corrected chi connectivity index (χ2v) is 6.70. The summed E-state index contributed by atoms with van der Waals surface area (Å²) in [6.07, 6.45) is 4.85. The molecule has 3 heterocycles. The lowest BCUT2D eigenvalue weighted by Crippen LogP contribution is -2.03. The van der Waals surface area contributed by atoms with Crippen LogP contribution in [0.5, 0.6) is 0 Å². The fraction of sp³-hybridized carbons (Fsp3) is 0.238. The molecule has 0 atom stereocenters. The lowest BCUT2D eigenvalue weighted by molar-refractivity contribution is 0.628. The van der Waals surface area contributed by atoms with Crippen LogP contribution in [0.2, 0.25) is 0 Å². The van der Waals surface area contributed by atoms with E-state index >= 15 is 0 Å². The Hall–Kier alpha value is -3.35. The first kappa shape index (κ1) is 18.0. The van der Waals surface area contributed by atoms with Gasteiger partial charge in [-0.1, -0.05) is 6.92 Å². The number of nitrogens with zero attached hydrogens (tertiary/aromatic N) is 6. The zero-order valence-electron chi connectivity index (χ0n) is 16.1. The van der Waals surface area contributed by atoms with Gasteiger partial charge in [-0.25, -0.2) is 19.0 Å². The van der Waals surface area contributed by atoms with E-state index in [2.05, 4.69) is 22.0 Å². The molecular weight excluding hydrogens is 355 g/mol. The molecule has 1 aromatic carbocycles. The van der Waals surface area contributed by atoms with Gasteiger partial charge in [-0.2, -0.15) is 10.2 Å². The van der Waals surface area contributed by atoms with Gasteiger partial charge in [0.25, 0.3) is 0 Å². The summed E-state index contributed by atoms with van der Waals surface area (Å²) in [5, 5.41) is 9.13. The van der Waals surface area contributed by atoms with Crippen LogP contribution in [0.4, 0.5) is 4.39 Å². The molecule has 6 nitrogen and oxygen atoms in total. The number of aryl methyl sites for hydroxylation is 2. The monoisotopic (exact) mass is 376 g/mol. The molecule has 0 aliphatic rings. The van der Waals surface area contributed by atoms with Gasteiger partial charge in [-0.05, 0) is 43.7 Å². The minimum absolute atomic E-state index is 0.244. The topological polar surface area (TPSA) is 61.4 Å². The van der Waals surface area contributed by atoms with Crippen molar-refractivity contribution in [3.05, 3.63) is 77.4 Å². The molecule has 4 aromatic rings. The molecule has 0 saturated carbocycles. The predicted molar refractivity (Wildman–Crippen MR) is 105 cm³/mol. The molecule has 0 saturated heterocycles. The summed E-state index contributed by atoms with van der Waals surface area (Å²) < 4.78 is 16.9. The van der Waals surface area contributed by atoms with Crippen LogP contribution >= 0.6 is 0 Å². The normalized spacial score (nSPS) is 11.1. The number of rotatable bonds is 5. The molecule has 0 unspecified atom stereocenters. The van der Waals surface area contributed by atoms with Crippen molar-refractivity contribution in [1.82, 2.24) is 29.5 Å². The fourth-order valence-corrected chi connectivity index (χ4v) is 3.43. The van der Waals surface area contributed by atoms with Crippen LogP contribution in [0.15, 0.2) is 48.9 Å². The Labute approximate surface area is 162 Å². The van der Waals surface area contributed by atoms with E-state index < -0.39 is 0 Å². The minimum atomic E-state index is -0.244. The molecule has 0 aliphatic carbocycles. The molecule has 0 radical (unpaired) electrons. The van der Waals surface area contributed by atoms with Gasteiger partial charge in [0.1, 0.15) is 12.1 Å². The molecule has 0 fully saturated rings. The van der Waals surface area contributed by atoms with Crippen LogP contribution in [0, 0.1) is 12.7 Å². The zero-order chi connectivity index (χ0) is 19.7. The highest BCUT2D eigenvalue weighted by molar-refractivity contribution is 5.65. The van der Waals surface area contributed by atoms with Gasteiger partial charge in [-0.3, -0.25) is 4.68 Å². The molecule has 3 aromatic heterocycles. The Morgan fingerprint density at radius 2 is 1.82 bits per heavy atom. The molecule has 4 rings (SSSR count). The van der Waals surface area contributed by atoms with Crippen LogP contribution in [0.3, 0.4) is 0 Å². The molecule has 0 spiro atoms. The summed E-state index contributed by atoms with van der Waals surface area (Å²) in [6, 6.07) is 10.4. The number of hydrogen-bond donors (Lipinski definition) is 0. The van der Waals surface area contributed by atoms with Crippen molar-refractivity contribution in [2.24, 2.45) is 7.05 Å². The lowest BCUT2D eigenvalue weighted by atomic mass is 10.0. The fourth-order valence-electron chi connectivity index (χ4n) is 3.43.